The molecular formula is C21H26N4O6S. The van der Waals surface area contributed by atoms with Crippen LogP contribution in [0.15, 0.2) is 47.4 Å². The fourth-order valence-electron chi connectivity index (χ4n) is 3.55. The number of carbonyl (C=O) groups excluding carboxylic acids is 1. The number of sulfonamides is 1. The highest BCUT2D eigenvalue weighted by molar-refractivity contribution is 7.89. The van der Waals surface area contributed by atoms with Crippen molar-refractivity contribution in [3.63, 3.8) is 0 Å². The van der Waals surface area contributed by atoms with E-state index in [1.165, 1.54) is 31.4 Å². The Labute approximate surface area is 187 Å². The molecule has 172 valence electrons. The highest BCUT2D eigenvalue weighted by atomic mass is 32.2. The van der Waals surface area contributed by atoms with Crippen molar-refractivity contribution in [2.75, 3.05) is 38.2 Å². The van der Waals surface area contributed by atoms with Gasteiger partial charge in [0.15, 0.2) is 0 Å². The maximum atomic E-state index is 13.0. The summed E-state index contributed by atoms with van der Waals surface area (Å²) in [5.41, 5.74) is 0.991. The Kier molecular flexibility index (Phi) is 6.99. The molecule has 0 spiro atoms. The lowest BCUT2D eigenvalue weighted by Crippen LogP contribution is -2.48. The Balaban J connectivity index is 1.76. The van der Waals surface area contributed by atoms with E-state index in [0.717, 1.165) is 5.69 Å². The molecular weight excluding hydrogens is 436 g/mol. The molecule has 3 rings (SSSR count). The molecule has 10 nitrogen and oxygen atoms in total. The minimum Gasteiger partial charge on any atom is -0.495 e. The van der Waals surface area contributed by atoms with Gasteiger partial charge in [-0.1, -0.05) is 6.07 Å². The van der Waals surface area contributed by atoms with Crippen LogP contribution in [0.4, 0.5) is 11.4 Å². The van der Waals surface area contributed by atoms with Gasteiger partial charge in [-0.05, 0) is 38.1 Å². The van der Waals surface area contributed by atoms with Gasteiger partial charge in [0.2, 0.25) is 10.0 Å². The second-order valence-electron chi connectivity index (χ2n) is 7.70. The van der Waals surface area contributed by atoms with Gasteiger partial charge in [0, 0.05) is 55.6 Å². The zero-order valence-corrected chi connectivity index (χ0v) is 19.0. The molecule has 11 heteroatoms. The van der Waals surface area contributed by atoms with Gasteiger partial charge in [-0.3, -0.25) is 14.9 Å². The van der Waals surface area contributed by atoms with Gasteiger partial charge < -0.3 is 14.5 Å². The van der Waals surface area contributed by atoms with E-state index in [0.29, 0.717) is 26.2 Å². The Morgan fingerprint density at radius 1 is 1.12 bits per heavy atom. The summed E-state index contributed by atoms with van der Waals surface area (Å²) in [6.45, 7) is 5.23. The third-order valence-corrected chi connectivity index (χ3v) is 6.74. The normalized spacial score (nSPS) is 14.5. The number of carbonyl (C=O) groups is 1. The Hall–Kier alpha value is -3.18. The van der Waals surface area contributed by atoms with Crippen LogP contribution < -0.4 is 14.4 Å². The van der Waals surface area contributed by atoms with Gasteiger partial charge in [-0.15, -0.1) is 0 Å². The third-order valence-electron chi connectivity index (χ3n) is 5.06. The molecule has 0 aromatic heterocycles. The number of non-ortho nitro benzene ring substituents is 1. The number of amides is 1. The number of nitrogens with zero attached hydrogens (tertiary/aromatic N) is 3. The number of nitro benzene ring substituents is 1. The molecule has 2 aromatic carbocycles. The Bertz CT molecular complexity index is 1110. The molecule has 1 fully saturated rings. The molecule has 0 radical (unpaired) electrons. The molecule has 1 aliphatic rings. The predicted molar refractivity (Wildman–Crippen MR) is 120 cm³/mol. The van der Waals surface area contributed by atoms with E-state index >= 15 is 0 Å². The molecule has 0 unspecified atom stereocenters. The largest absolute Gasteiger partial charge is 0.495 e. The average molecular weight is 463 g/mol. The lowest BCUT2D eigenvalue weighted by Gasteiger charge is -2.36. The summed E-state index contributed by atoms with van der Waals surface area (Å²) < 4.78 is 33.0. The number of ether oxygens (including phenoxy) is 1. The monoisotopic (exact) mass is 462 g/mol. The van der Waals surface area contributed by atoms with Crippen molar-refractivity contribution in [2.24, 2.45) is 0 Å². The first-order valence-corrected chi connectivity index (χ1v) is 11.6. The molecule has 1 saturated heterocycles. The molecule has 0 bridgehead atoms. The first kappa shape index (κ1) is 23.5. The van der Waals surface area contributed by atoms with Crippen LogP contribution >= 0.6 is 0 Å². The maximum Gasteiger partial charge on any atom is 0.271 e. The zero-order chi connectivity index (χ0) is 23.5. The number of piperazine rings is 1. The SMILES string of the molecule is COc1ccc(C(=O)N2CCN(c3cccc([N+](=O)[O-])c3)CC2)cc1S(=O)(=O)NC(C)C. The van der Waals surface area contributed by atoms with Crippen molar-refractivity contribution < 1.29 is 22.9 Å². The number of rotatable bonds is 7. The van der Waals surface area contributed by atoms with E-state index in [-0.39, 0.29) is 33.8 Å². The van der Waals surface area contributed by atoms with Crippen LogP contribution in [0.2, 0.25) is 0 Å². The van der Waals surface area contributed by atoms with Crippen LogP contribution in [0.5, 0.6) is 5.75 Å². The van der Waals surface area contributed by atoms with Crippen LogP contribution in [0.1, 0.15) is 24.2 Å². The average Bonchev–Trinajstić information content (AvgIpc) is 2.77. The molecule has 1 heterocycles. The van der Waals surface area contributed by atoms with Gasteiger partial charge >= 0.3 is 0 Å². The summed E-state index contributed by atoms with van der Waals surface area (Å²) in [4.78, 5) is 27.2. The van der Waals surface area contributed by atoms with Crippen molar-refractivity contribution in [3.05, 3.63) is 58.1 Å². The van der Waals surface area contributed by atoms with Crippen LogP contribution in [0, 0.1) is 10.1 Å². The lowest BCUT2D eigenvalue weighted by atomic mass is 10.1. The second kappa shape index (κ2) is 9.53. The zero-order valence-electron chi connectivity index (χ0n) is 18.1. The molecule has 2 aromatic rings. The van der Waals surface area contributed by atoms with Crippen molar-refractivity contribution >= 4 is 27.3 Å². The van der Waals surface area contributed by atoms with E-state index in [2.05, 4.69) is 4.72 Å². The second-order valence-corrected chi connectivity index (χ2v) is 9.38. The van der Waals surface area contributed by atoms with E-state index in [1.54, 1.807) is 36.9 Å². The van der Waals surface area contributed by atoms with Gasteiger partial charge in [0.1, 0.15) is 10.6 Å². The smallest absolute Gasteiger partial charge is 0.271 e. The quantitative estimate of drug-likeness (QED) is 0.495. The number of methoxy groups -OCH3 is 1. The van der Waals surface area contributed by atoms with Crippen LogP contribution in [0.25, 0.3) is 0 Å². The molecule has 0 aliphatic carbocycles. The van der Waals surface area contributed by atoms with Crippen LogP contribution in [-0.4, -0.2) is 63.5 Å². The number of nitrogens with one attached hydrogen (secondary N) is 1. The topological polar surface area (TPSA) is 122 Å². The van der Waals surface area contributed by atoms with Gasteiger partial charge in [-0.25, -0.2) is 13.1 Å². The lowest BCUT2D eigenvalue weighted by molar-refractivity contribution is -0.384. The Morgan fingerprint density at radius 2 is 1.81 bits per heavy atom. The summed E-state index contributed by atoms with van der Waals surface area (Å²) in [5.74, 6) is -0.127. The van der Waals surface area contributed by atoms with Crippen LogP contribution in [0.3, 0.4) is 0 Å². The van der Waals surface area contributed by atoms with E-state index < -0.39 is 14.9 Å². The van der Waals surface area contributed by atoms with E-state index in [1.807, 2.05) is 4.90 Å². The fraction of sp³-hybridized carbons (Fsp3) is 0.381. The number of hydrogen-bond acceptors (Lipinski definition) is 7. The first-order valence-electron chi connectivity index (χ1n) is 10.1. The van der Waals surface area contributed by atoms with Crippen LogP contribution in [-0.2, 0) is 10.0 Å². The first-order chi connectivity index (χ1) is 15.1. The summed E-state index contributed by atoms with van der Waals surface area (Å²) >= 11 is 0. The number of benzene rings is 2. The molecule has 1 amide bonds. The molecule has 0 atom stereocenters. The molecule has 32 heavy (non-hydrogen) atoms. The van der Waals surface area contributed by atoms with Crippen molar-refractivity contribution in [1.29, 1.82) is 0 Å². The summed E-state index contributed by atoms with van der Waals surface area (Å²) in [5, 5.41) is 11.0. The Morgan fingerprint density at radius 3 is 2.41 bits per heavy atom. The number of hydrogen-bond donors (Lipinski definition) is 1. The standard InChI is InChI=1S/C21H26N4O6S/c1-15(2)22-32(29,30)20-13-16(7-8-19(20)31-3)21(26)24-11-9-23(10-12-24)17-5-4-6-18(14-17)25(27)28/h4-8,13-15,22H,9-12H2,1-3H3. The fourth-order valence-corrected chi connectivity index (χ4v) is 4.99. The molecule has 1 N–H and O–H groups in total. The van der Waals surface area contributed by atoms with E-state index in [9.17, 15) is 23.3 Å². The predicted octanol–water partition coefficient (Wildman–Crippen LogP) is 2.25. The number of nitro groups is 1. The molecule has 1 aliphatic heterocycles. The highest BCUT2D eigenvalue weighted by Crippen LogP contribution is 2.27. The van der Waals surface area contributed by atoms with Gasteiger partial charge in [-0.2, -0.15) is 0 Å². The summed E-state index contributed by atoms with van der Waals surface area (Å²) in [6, 6.07) is 10.4. The summed E-state index contributed by atoms with van der Waals surface area (Å²) in [6.07, 6.45) is 0. The minimum absolute atomic E-state index is 0.0167. The molecule has 0 saturated carbocycles. The van der Waals surface area contributed by atoms with Crippen molar-refractivity contribution in [1.82, 2.24) is 9.62 Å². The summed E-state index contributed by atoms with van der Waals surface area (Å²) in [7, 11) is -2.48. The van der Waals surface area contributed by atoms with Crippen molar-refractivity contribution in [3.8, 4) is 5.75 Å². The van der Waals surface area contributed by atoms with Gasteiger partial charge in [0.05, 0.1) is 12.0 Å². The minimum atomic E-state index is -3.85. The number of anilines is 1. The highest BCUT2D eigenvalue weighted by Gasteiger charge is 2.26. The van der Waals surface area contributed by atoms with Gasteiger partial charge in [0.25, 0.3) is 11.6 Å². The van der Waals surface area contributed by atoms with Crippen molar-refractivity contribution in [2.45, 2.75) is 24.8 Å². The van der Waals surface area contributed by atoms with E-state index in [4.69, 9.17) is 4.74 Å². The maximum absolute atomic E-state index is 13.0. The third kappa shape index (κ3) is 5.17.